The third-order valence-electron chi connectivity index (χ3n) is 4.51. The van der Waals surface area contributed by atoms with E-state index in [0.717, 1.165) is 12.5 Å². The van der Waals surface area contributed by atoms with Gasteiger partial charge in [0, 0.05) is 25.2 Å². The molecule has 0 amide bonds. The van der Waals surface area contributed by atoms with E-state index in [4.69, 9.17) is 5.73 Å². The van der Waals surface area contributed by atoms with Crippen molar-refractivity contribution >= 4 is 0 Å². The summed E-state index contributed by atoms with van der Waals surface area (Å²) in [5.41, 5.74) is 10.7. The molecule has 2 heteroatoms. The molecule has 98 valence electrons. The van der Waals surface area contributed by atoms with E-state index in [2.05, 4.69) is 36.9 Å². The number of likely N-dealkylation sites (tertiary alicyclic amines) is 1. The minimum Gasteiger partial charge on any atom is -0.327 e. The predicted octanol–water partition coefficient (Wildman–Crippen LogP) is 2.65. The Kier molecular flexibility index (Phi) is 3.16. The van der Waals surface area contributed by atoms with Crippen molar-refractivity contribution in [3.63, 3.8) is 0 Å². The van der Waals surface area contributed by atoms with Crippen LogP contribution in [0.1, 0.15) is 42.5 Å². The van der Waals surface area contributed by atoms with Gasteiger partial charge >= 0.3 is 0 Å². The third kappa shape index (κ3) is 2.19. The molecule has 3 rings (SSSR count). The average Bonchev–Trinajstić information content (AvgIpc) is 2.70. The molecule has 0 spiro atoms. The molecule has 1 aliphatic carbocycles. The van der Waals surface area contributed by atoms with Crippen LogP contribution in [-0.4, -0.2) is 24.0 Å². The first-order chi connectivity index (χ1) is 8.63. The van der Waals surface area contributed by atoms with E-state index in [1.807, 2.05) is 0 Å². The number of fused-ring (bicyclic) bond motifs is 1. The fourth-order valence-corrected chi connectivity index (χ4v) is 3.78. The van der Waals surface area contributed by atoms with Crippen molar-refractivity contribution in [1.29, 1.82) is 0 Å². The maximum absolute atomic E-state index is 6.19. The molecule has 2 N–H and O–H groups in total. The summed E-state index contributed by atoms with van der Waals surface area (Å²) < 4.78 is 0. The number of benzene rings is 1. The van der Waals surface area contributed by atoms with Gasteiger partial charge in [-0.3, -0.25) is 4.90 Å². The zero-order valence-electron chi connectivity index (χ0n) is 11.5. The van der Waals surface area contributed by atoms with Crippen LogP contribution in [0.15, 0.2) is 18.2 Å². The quantitative estimate of drug-likeness (QED) is 0.823. The summed E-state index contributed by atoms with van der Waals surface area (Å²) in [4.78, 5) is 2.63. The van der Waals surface area contributed by atoms with Crippen molar-refractivity contribution in [2.75, 3.05) is 13.1 Å². The molecule has 3 atom stereocenters. The van der Waals surface area contributed by atoms with E-state index in [0.29, 0.717) is 12.1 Å². The lowest BCUT2D eigenvalue weighted by atomic mass is 9.93. The van der Waals surface area contributed by atoms with E-state index in [-0.39, 0.29) is 0 Å². The Morgan fingerprint density at radius 2 is 2.11 bits per heavy atom. The highest BCUT2D eigenvalue weighted by Crippen LogP contribution is 2.38. The Morgan fingerprint density at radius 3 is 2.89 bits per heavy atom. The zero-order chi connectivity index (χ0) is 12.7. The highest BCUT2D eigenvalue weighted by atomic mass is 15.2. The van der Waals surface area contributed by atoms with Gasteiger partial charge < -0.3 is 5.73 Å². The molecule has 0 radical (unpaired) electrons. The van der Waals surface area contributed by atoms with Gasteiger partial charge in [-0.1, -0.05) is 30.7 Å². The van der Waals surface area contributed by atoms with E-state index in [1.54, 1.807) is 11.1 Å². The van der Waals surface area contributed by atoms with Gasteiger partial charge in [0.1, 0.15) is 0 Å². The Bertz CT molecular complexity index is 431. The van der Waals surface area contributed by atoms with Gasteiger partial charge in [0.15, 0.2) is 0 Å². The van der Waals surface area contributed by atoms with Crippen LogP contribution < -0.4 is 5.73 Å². The average molecular weight is 244 g/mol. The first kappa shape index (κ1) is 12.2. The highest BCUT2D eigenvalue weighted by Gasteiger charge is 2.32. The lowest BCUT2D eigenvalue weighted by Gasteiger charge is -2.39. The van der Waals surface area contributed by atoms with Gasteiger partial charge in [0.2, 0.25) is 0 Å². The van der Waals surface area contributed by atoms with Gasteiger partial charge in [-0.2, -0.15) is 0 Å². The minimum absolute atomic E-state index is 0.364. The van der Waals surface area contributed by atoms with Crippen LogP contribution >= 0.6 is 0 Å². The number of piperidine rings is 1. The first-order valence-electron chi connectivity index (χ1n) is 7.22. The maximum Gasteiger partial charge on any atom is 0.0354 e. The molecule has 1 heterocycles. The van der Waals surface area contributed by atoms with Crippen LogP contribution in [0.25, 0.3) is 0 Å². The monoisotopic (exact) mass is 244 g/mol. The SMILES string of the molecule is Cc1ccc2c(c1)C(N1CC(C)CC(N)C1)CC2. The molecule has 0 saturated carbocycles. The third-order valence-corrected chi connectivity index (χ3v) is 4.51. The van der Waals surface area contributed by atoms with Crippen molar-refractivity contribution in [3.8, 4) is 0 Å². The first-order valence-corrected chi connectivity index (χ1v) is 7.22. The summed E-state index contributed by atoms with van der Waals surface area (Å²) in [6, 6.07) is 7.93. The van der Waals surface area contributed by atoms with E-state index in [1.165, 1.54) is 31.4 Å². The fraction of sp³-hybridized carbons (Fsp3) is 0.625. The number of rotatable bonds is 1. The van der Waals surface area contributed by atoms with Gasteiger partial charge in [-0.05, 0) is 43.2 Å². The van der Waals surface area contributed by atoms with Gasteiger partial charge in [-0.25, -0.2) is 0 Å². The maximum atomic E-state index is 6.19. The Labute approximate surface area is 110 Å². The topological polar surface area (TPSA) is 29.3 Å². The Hall–Kier alpha value is -0.860. The molecule has 18 heavy (non-hydrogen) atoms. The lowest BCUT2D eigenvalue weighted by Crippen LogP contribution is -2.47. The summed E-state index contributed by atoms with van der Waals surface area (Å²) in [5, 5.41) is 0. The van der Waals surface area contributed by atoms with Gasteiger partial charge in [0.25, 0.3) is 0 Å². The summed E-state index contributed by atoms with van der Waals surface area (Å²) in [6.45, 7) is 6.81. The fourth-order valence-electron chi connectivity index (χ4n) is 3.78. The van der Waals surface area contributed by atoms with Crippen molar-refractivity contribution in [1.82, 2.24) is 4.90 Å². The van der Waals surface area contributed by atoms with E-state index >= 15 is 0 Å². The molecule has 1 aliphatic heterocycles. The van der Waals surface area contributed by atoms with Crippen LogP contribution in [0, 0.1) is 12.8 Å². The van der Waals surface area contributed by atoms with Gasteiger partial charge in [0.05, 0.1) is 0 Å². The Balaban J connectivity index is 1.85. The second-order valence-electron chi connectivity index (χ2n) is 6.31. The normalized spacial score (nSPS) is 32.5. The zero-order valence-corrected chi connectivity index (χ0v) is 11.5. The van der Waals surface area contributed by atoms with Gasteiger partial charge in [-0.15, -0.1) is 0 Å². The van der Waals surface area contributed by atoms with Crippen LogP contribution in [-0.2, 0) is 6.42 Å². The molecule has 0 aromatic heterocycles. The standard InChI is InChI=1S/C16H24N2/c1-11-3-4-13-5-6-16(15(13)8-11)18-9-12(2)7-14(17)10-18/h3-4,8,12,14,16H,5-7,9-10,17H2,1-2H3. The van der Waals surface area contributed by atoms with Crippen LogP contribution in [0.3, 0.4) is 0 Å². The minimum atomic E-state index is 0.364. The number of hydrogen-bond acceptors (Lipinski definition) is 2. The summed E-state index contributed by atoms with van der Waals surface area (Å²) in [5.74, 6) is 0.739. The van der Waals surface area contributed by atoms with Crippen molar-refractivity contribution in [2.45, 2.75) is 45.2 Å². The van der Waals surface area contributed by atoms with Crippen LogP contribution in [0.2, 0.25) is 0 Å². The van der Waals surface area contributed by atoms with E-state index < -0.39 is 0 Å². The van der Waals surface area contributed by atoms with Crippen molar-refractivity contribution in [3.05, 3.63) is 34.9 Å². The largest absolute Gasteiger partial charge is 0.327 e. The molecule has 1 saturated heterocycles. The number of aryl methyl sites for hydroxylation is 2. The second-order valence-corrected chi connectivity index (χ2v) is 6.31. The molecule has 0 bridgehead atoms. The number of nitrogens with two attached hydrogens (primary N) is 1. The molecule has 3 unspecified atom stereocenters. The smallest absolute Gasteiger partial charge is 0.0354 e. The molecule has 1 aromatic rings. The molecule has 2 nitrogen and oxygen atoms in total. The van der Waals surface area contributed by atoms with E-state index in [9.17, 15) is 0 Å². The molecule has 1 aromatic carbocycles. The number of hydrogen-bond donors (Lipinski definition) is 1. The summed E-state index contributed by atoms with van der Waals surface area (Å²) in [7, 11) is 0. The van der Waals surface area contributed by atoms with Crippen LogP contribution in [0.5, 0.6) is 0 Å². The molecule has 1 fully saturated rings. The summed E-state index contributed by atoms with van der Waals surface area (Å²) >= 11 is 0. The van der Waals surface area contributed by atoms with Crippen molar-refractivity contribution < 1.29 is 0 Å². The molecular formula is C16H24N2. The molecular weight excluding hydrogens is 220 g/mol. The highest BCUT2D eigenvalue weighted by molar-refractivity contribution is 5.37. The summed E-state index contributed by atoms with van der Waals surface area (Å²) in [6.07, 6.45) is 3.70. The predicted molar refractivity (Wildman–Crippen MR) is 75.6 cm³/mol. The van der Waals surface area contributed by atoms with Crippen molar-refractivity contribution in [2.24, 2.45) is 11.7 Å². The second kappa shape index (κ2) is 4.67. The lowest BCUT2D eigenvalue weighted by molar-refractivity contribution is 0.115. The molecule has 2 aliphatic rings. The Morgan fingerprint density at radius 1 is 1.28 bits per heavy atom. The number of nitrogens with zero attached hydrogens (tertiary/aromatic N) is 1. The van der Waals surface area contributed by atoms with Crippen LogP contribution in [0.4, 0.5) is 0 Å².